The summed E-state index contributed by atoms with van der Waals surface area (Å²) in [7, 11) is 0. The third kappa shape index (κ3) is 1.12. The van der Waals surface area contributed by atoms with Gasteiger partial charge in [-0.25, -0.2) is 0 Å². The lowest BCUT2D eigenvalue weighted by Gasteiger charge is -2.32. The first kappa shape index (κ1) is 8.05. The minimum Gasteiger partial charge on any atom is -0.363 e. The van der Waals surface area contributed by atoms with Gasteiger partial charge in [0, 0.05) is 13.1 Å². The van der Waals surface area contributed by atoms with E-state index in [1.54, 1.807) is 0 Å². The van der Waals surface area contributed by atoms with Crippen molar-refractivity contribution in [1.29, 1.82) is 0 Å². The van der Waals surface area contributed by atoms with E-state index >= 15 is 0 Å². The fourth-order valence-electron chi connectivity index (χ4n) is 1.76. The zero-order valence-corrected chi connectivity index (χ0v) is 7.51. The van der Waals surface area contributed by atoms with E-state index in [0.29, 0.717) is 0 Å². The first-order chi connectivity index (χ1) is 5.78. The SMILES string of the molecule is CCCN1CCOC2(CC2)C1=O. The molecule has 0 unspecified atom stereocenters. The molecule has 0 aromatic carbocycles. The van der Waals surface area contributed by atoms with Crippen LogP contribution in [-0.4, -0.2) is 36.1 Å². The molecule has 2 fully saturated rings. The molecule has 0 radical (unpaired) electrons. The first-order valence-electron chi connectivity index (χ1n) is 4.72. The molecule has 1 aliphatic heterocycles. The second kappa shape index (κ2) is 2.73. The van der Waals surface area contributed by atoms with Crippen LogP contribution < -0.4 is 0 Å². The van der Waals surface area contributed by atoms with Gasteiger partial charge in [-0.3, -0.25) is 4.79 Å². The second-order valence-corrected chi connectivity index (χ2v) is 3.63. The fourth-order valence-corrected chi connectivity index (χ4v) is 1.76. The van der Waals surface area contributed by atoms with Crippen LogP contribution in [-0.2, 0) is 9.53 Å². The Morgan fingerprint density at radius 2 is 2.33 bits per heavy atom. The maximum absolute atomic E-state index is 11.7. The highest BCUT2D eigenvalue weighted by Crippen LogP contribution is 2.42. The van der Waals surface area contributed by atoms with Crippen LogP contribution in [0.4, 0.5) is 0 Å². The molecule has 0 aromatic heterocycles. The molecule has 1 saturated carbocycles. The first-order valence-corrected chi connectivity index (χ1v) is 4.72. The summed E-state index contributed by atoms with van der Waals surface area (Å²) in [6.45, 7) is 4.51. The lowest BCUT2D eigenvalue weighted by molar-refractivity contribution is -0.156. The number of ether oxygens (including phenoxy) is 1. The molecule has 2 rings (SSSR count). The smallest absolute Gasteiger partial charge is 0.254 e. The van der Waals surface area contributed by atoms with Gasteiger partial charge in [0.2, 0.25) is 0 Å². The van der Waals surface area contributed by atoms with Crippen LogP contribution in [0, 0.1) is 0 Å². The number of rotatable bonds is 2. The van der Waals surface area contributed by atoms with Crippen LogP contribution in [0.2, 0.25) is 0 Å². The van der Waals surface area contributed by atoms with Gasteiger partial charge in [-0.15, -0.1) is 0 Å². The van der Waals surface area contributed by atoms with E-state index in [2.05, 4.69) is 6.92 Å². The zero-order chi connectivity index (χ0) is 8.60. The van der Waals surface area contributed by atoms with Crippen molar-refractivity contribution in [1.82, 2.24) is 4.90 Å². The van der Waals surface area contributed by atoms with Crippen LogP contribution >= 0.6 is 0 Å². The highest BCUT2D eigenvalue weighted by atomic mass is 16.5. The summed E-state index contributed by atoms with van der Waals surface area (Å²) in [6, 6.07) is 0. The van der Waals surface area contributed by atoms with Crippen molar-refractivity contribution in [3.8, 4) is 0 Å². The minimum atomic E-state index is -0.354. The summed E-state index contributed by atoms with van der Waals surface area (Å²) in [5, 5.41) is 0. The largest absolute Gasteiger partial charge is 0.363 e. The van der Waals surface area contributed by atoms with E-state index in [1.807, 2.05) is 4.90 Å². The van der Waals surface area contributed by atoms with Crippen LogP contribution in [0.5, 0.6) is 0 Å². The van der Waals surface area contributed by atoms with Crippen molar-refractivity contribution in [3.63, 3.8) is 0 Å². The molecule has 2 aliphatic rings. The van der Waals surface area contributed by atoms with Gasteiger partial charge in [0.1, 0.15) is 5.60 Å². The number of hydrogen-bond acceptors (Lipinski definition) is 2. The highest BCUT2D eigenvalue weighted by molar-refractivity contribution is 5.88. The van der Waals surface area contributed by atoms with Crippen molar-refractivity contribution in [2.24, 2.45) is 0 Å². The molecule has 68 valence electrons. The van der Waals surface area contributed by atoms with Crippen molar-refractivity contribution < 1.29 is 9.53 Å². The maximum atomic E-state index is 11.7. The molecular weight excluding hydrogens is 154 g/mol. The Bertz CT molecular complexity index is 197. The Kier molecular flexibility index (Phi) is 1.83. The Morgan fingerprint density at radius 1 is 1.58 bits per heavy atom. The number of nitrogens with zero attached hydrogens (tertiary/aromatic N) is 1. The molecule has 0 N–H and O–H groups in total. The molecule has 3 heteroatoms. The molecule has 0 aromatic rings. The third-order valence-electron chi connectivity index (χ3n) is 2.61. The topological polar surface area (TPSA) is 29.5 Å². The van der Waals surface area contributed by atoms with Gasteiger partial charge in [0.25, 0.3) is 5.91 Å². The molecule has 1 saturated heterocycles. The molecule has 3 nitrogen and oxygen atoms in total. The van der Waals surface area contributed by atoms with Gasteiger partial charge in [-0.2, -0.15) is 0 Å². The average molecular weight is 169 g/mol. The van der Waals surface area contributed by atoms with E-state index in [0.717, 1.165) is 39.0 Å². The number of carbonyl (C=O) groups excluding carboxylic acids is 1. The van der Waals surface area contributed by atoms with Crippen LogP contribution in [0.15, 0.2) is 0 Å². The average Bonchev–Trinajstić information content (AvgIpc) is 2.81. The molecular formula is C9H15NO2. The van der Waals surface area contributed by atoms with Crippen molar-refractivity contribution >= 4 is 5.91 Å². The summed E-state index contributed by atoms with van der Waals surface area (Å²) in [4.78, 5) is 13.6. The van der Waals surface area contributed by atoms with E-state index < -0.39 is 0 Å². The number of hydrogen-bond donors (Lipinski definition) is 0. The predicted molar refractivity (Wildman–Crippen MR) is 44.8 cm³/mol. The van der Waals surface area contributed by atoms with Crippen LogP contribution in [0.3, 0.4) is 0 Å². The lowest BCUT2D eigenvalue weighted by atomic mass is 10.2. The zero-order valence-electron chi connectivity index (χ0n) is 7.51. The van der Waals surface area contributed by atoms with E-state index in [4.69, 9.17) is 4.74 Å². The van der Waals surface area contributed by atoms with Gasteiger partial charge in [-0.1, -0.05) is 6.92 Å². The maximum Gasteiger partial charge on any atom is 0.254 e. The van der Waals surface area contributed by atoms with E-state index in [-0.39, 0.29) is 11.5 Å². The van der Waals surface area contributed by atoms with Gasteiger partial charge in [-0.05, 0) is 19.3 Å². The molecule has 1 amide bonds. The highest BCUT2D eigenvalue weighted by Gasteiger charge is 2.54. The number of carbonyl (C=O) groups is 1. The van der Waals surface area contributed by atoms with Gasteiger partial charge >= 0.3 is 0 Å². The summed E-state index contributed by atoms with van der Waals surface area (Å²) < 4.78 is 5.47. The quantitative estimate of drug-likeness (QED) is 0.611. The van der Waals surface area contributed by atoms with Crippen LogP contribution in [0.25, 0.3) is 0 Å². The standard InChI is InChI=1S/C9H15NO2/c1-2-5-10-6-7-12-9(3-4-9)8(10)11/h2-7H2,1H3. The number of amides is 1. The molecule has 12 heavy (non-hydrogen) atoms. The summed E-state index contributed by atoms with van der Waals surface area (Å²) in [6.07, 6.45) is 2.92. The Hall–Kier alpha value is -0.570. The van der Waals surface area contributed by atoms with Crippen molar-refractivity contribution in [3.05, 3.63) is 0 Å². The van der Waals surface area contributed by atoms with Crippen LogP contribution in [0.1, 0.15) is 26.2 Å². The summed E-state index contributed by atoms with van der Waals surface area (Å²) in [5.74, 6) is 0.232. The van der Waals surface area contributed by atoms with Gasteiger partial charge in [0.05, 0.1) is 6.61 Å². The predicted octanol–water partition coefficient (Wildman–Crippen LogP) is 0.788. The molecule has 0 bridgehead atoms. The number of morpholine rings is 1. The Balaban J connectivity index is 2.01. The lowest BCUT2D eigenvalue weighted by Crippen LogP contribution is -2.49. The van der Waals surface area contributed by atoms with Crippen molar-refractivity contribution in [2.75, 3.05) is 19.7 Å². The minimum absolute atomic E-state index is 0.232. The van der Waals surface area contributed by atoms with E-state index in [1.165, 1.54) is 0 Å². The Morgan fingerprint density at radius 3 is 2.92 bits per heavy atom. The Labute approximate surface area is 72.7 Å². The molecule has 1 spiro atoms. The molecule has 1 heterocycles. The molecule has 0 atom stereocenters. The van der Waals surface area contributed by atoms with E-state index in [9.17, 15) is 4.79 Å². The van der Waals surface area contributed by atoms with Gasteiger partial charge in [0.15, 0.2) is 0 Å². The van der Waals surface area contributed by atoms with Crippen molar-refractivity contribution in [2.45, 2.75) is 31.8 Å². The summed E-state index contributed by atoms with van der Waals surface area (Å²) >= 11 is 0. The third-order valence-corrected chi connectivity index (χ3v) is 2.61. The normalized spacial score (nSPS) is 26.4. The second-order valence-electron chi connectivity index (χ2n) is 3.63. The van der Waals surface area contributed by atoms with Gasteiger partial charge < -0.3 is 9.64 Å². The fraction of sp³-hybridized carbons (Fsp3) is 0.889. The monoisotopic (exact) mass is 169 g/mol. The summed E-state index contributed by atoms with van der Waals surface area (Å²) in [5.41, 5.74) is -0.354. The molecule has 1 aliphatic carbocycles.